The molecule has 0 aromatic carbocycles. The SMILES string of the molecule is CCOC(=O)c1c(C)nsc1NC(C)c1cc(C)oc1C. The lowest BCUT2D eigenvalue weighted by atomic mass is 10.1. The number of carbonyl (C=O) groups excluding carboxylic acids is 1. The summed E-state index contributed by atoms with van der Waals surface area (Å²) in [7, 11) is 0. The van der Waals surface area contributed by atoms with Crippen LogP contribution in [0.25, 0.3) is 0 Å². The lowest BCUT2D eigenvalue weighted by Crippen LogP contribution is -2.11. The van der Waals surface area contributed by atoms with E-state index in [2.05, 4.69) is 9.69 Å². The Morgan fingerprint density at radius 1 is 1.48 bits per heavy atom. The van der Waals surface area contributed by atoms with Crippen molar-refractivity contribution in [3.63, 3.8) is 0 Å². The van der Waals surface area contributed by atoms with Gasteiger partial charge in [-0.2, -0.15) is 4.37 Å². The Balaban J connectivity index is 2.24. The van der Waals surface area contributed by atoms with Gasteiger partial charge in [-0.25, -0.2) is 4.79 Å². The van der Waals surface area contributed by atoms with Crippen molar-refractivity contribution in [3.8, 4) is 0 Å². The fourth-order valence-corrected chi connectivity index (χ4v) is 3.14. The number of aryl methyl sites for hydroxylation is 3. The quantitative estimate of drug-likeness (QED) is 0.845. The number of hydrogen-bond donors (Lipinski definition) is 1. The topological polar surface area (TPSA) is 64.4 Å². The summed E-state index contributed by atoms with van der Waals surface area (Å²) in [6, 6.07) is 2.03. The first-order valence-electron chi connectivity index (χ1n) is 6.90. The van der Waals surface area contributed by atoms with Crippen LogP contribution in [0.4, 0.5) is 5.00 Å². The largest absolute Gasteiger partial charge is 0.466 e. The van der Waals surface area contributed by atoms with Crippen LogP contribution in [0.3, 0.4) is 0 Å². The van der Waals surface area contributed by atoms with E-state index in [0.29, 0.717) is 17.9 Å². The third-order valence-corrected chi connectivity index (χ3v) is 4.11. The van der Waals surface area contributed by atoms with Gasteiger partial charge in [0.25, 0.3) is 0 Å². The van der Waals surface area contributed by atoms with Crippen molar-refractivity contribution in [1.82, 2.24) is 4.37 Å². The molecule has 1 atom stereocenters. The molecular weight excluding hydrogens is 288 g/mol. The summed E-state index contributed by atoms with van der Waals surface area (Å²) < 4.78 is 14.9. The first-order valence-corrected chi connectivity index (χ1v) is 7.68. The molecule has 0 amide bonds. The highest BCUT2D eigenvalue weighted by atomic mass is 32.1. The molecule has 0 aliphatic rings. The molecular formula is C15H20N2O3S. The molecule has 1 unspecified atom stereocenters. The number of anilines is 1. The number of furan rings is 1. The van der Waals surface area contributed by atoms with Gasteiger partial charge in [0.05, 0.1) is 18.3 Å². The lowest BCUT2D eigenvalue weighted by molar-refractivity contribution is 0.0527. The van der Waals surface area contributed by atoms with Crippen molar-refractivity contribution in [1.29, 1.82) is 0 Å². The molecule has 5 nitrogen and oxygen atoms in total. The van der Waals surface area contributed by atoms with Gasteiger partial charge in [0, 0.05) is 5.56 Å². The van der Waals surface area contributed by atoms with Crippen LogP contribution in [-0.4, -0.2) is 16.9 Å². The summed E-state index contributed by atoms with van der Waals surface area (Å²) in [5, 5.41) is 4.07. The first kappa shape index (κ1) is 15.6. The Morgan fingerprint density at radius 3 is 2.76 bits per heavy atom. The van der Waals surface area contributed by atoms with Crippen LogP contribution in [-0.2, 0) is 4.74 Å². The van der Waals surface area contributed by atoms with Crippen molar-refractivity contribution in [2.24, 2.45) is 0 Å². The molecule has 0 saturated carbocycles. The van der Waals surface area contributed by atoms with E-state index in [1.54, 1.807) is 6.92 Å². The molecule has 2 aromatic heterocycles. The molecule has 0 spiro atoms. The van der Waals surface area contributed by atoms with Crippen molar-refractivity contribution in [3.05, 3.63) is 34.4 Å². The fraction of sp³-hybridized carbons (Fsp3) is 0.467. The summed E-state index contributed by atoms with van der Waals surface area (Å²) in [6.07, 6.45) is 0. The molecule has 6 heteroatoms. The van der Waals surface area contributed by atoms with Gasteiger partial charge in [-0.15, -0.1) is 0 Å². The third-order valence-electron chi connectivity index (χ3n) is 3.24. The van der Waals surface area contributed by atoms with Gasteiger partial charge in [0.1, 0.15) is 22.1 Å². The average Bonchev–Trinajstić information content (AvgIpc) is 2.92. The van der Waals surface area contributed by atoms with Crippen LogP contribution < -0.4 is 5.32 Å². The van der Waals surface area contributed by atoms with Gasteiger partial charge in [-0.05, 0) is 52.2 Å². The second-order valence-corrected chi connectivity index (χ2v) is 5.70. The Labute approximate surface area is 128 Å². The van der Waals surface area contributed by atoms with E-state index >= 15 is 0 Å². The van der Waals surface area contributed by atoms with Crippen LogP contribution in [0.15, 0.2) is 10.5 Å². The van der Waals surface area contributed by atoms with Gasteiger partial charge in [-0.1, -0.05) is 0 Å². The zero-order valence-corrected chi connectivity index (χ0v) is 13.8. The van der Waals surface area contributed by atoms with Gasteiger partial charge >= 0.3 is 5.97 Å². The molecule has 0 saturated heterocycles. The monoisotopic (exact) mass is 308 g/mol. The first-order chi connectivity index (χ1) is 9.93. The summed E-state index contributed by atoms with van der Waals surface area (Å²) >= 11 is 1.27. The van der Waals surface area contributed by atoms with E-state index in [9.17, 15) is 4.79 Å². The molecule has 114 valence electrons. The smallest absolute Gasteiger partial charge is 0.343 e. The zero-order chi connectivity index (χ0) is 15.6. The number of aromatic nitrogens is 1. The predicted molar refractivity (Wildman–Crippen MR) is 83.0 cm³/mol. The minimum absolute atomic E-state index is 0.0236. The van der Waals surface area contributed by atoms with E-state index in [4.69, 9.17) is 9.15 Å². The van der Waals surface area contributed by atoms with E-state index < -0.39 is 0 Å². The van der Waals surface area contributed by atoms with Crippen molar-refractivity contribution in [2.75, 3.05) is 11.9 Å². The van der Waals surface area contributed by atoms with Gasteiger partial charge < -0.3 is 14.5 Å². The zero-order valence-electron chi connectivity index (χ0n) is 12.9. The highest BCUT2D eigenvalue weighted by Crippen LogP contribution is 2.31. The van der Waals surface area contributed by atoms with E-state index in [1.165, 1.54) is 11.5 Å². The summed E-state index contributed by atoms with van der Waals surface area (Å²) in [4.78, 5) is 12.0. The number of ether oxygens (including phenoxy) is 1. The molecule has 0 aliphatic carbocycles. The molecule has 2 rings (SSSR count). The Kier molecular flexibility index (Phi) is 4.67. The predicted octanol–water partition coefficient (Wildman–Crippen LogP) is 4.01. The standard InChI is InChI=1S/C15H20N2O3S/c1-6-19-15(18)13-10(4)17-21-14(13)16-9(3)12-7-8(2)20-11(12)5/h7,9,16H,6H2,1-5H3. The molecule has 0 bridgehead atoms. The number of nitrogens with zero attached hydrogens (tertiary/aromatic N) is 1. The number of nitrogens with one attached hydrogen (secondary N) is 1. The van der Waals surface area contributed by atoms with E-state index in [1.807, 2.05) is 33.8 Å². The molecule has 2 heterocycles. The molecule has 21 heavy (non-hydrogen) atoms. The molecule has 2 aromatic rings. The maximum Gasteiger partial charge on any atom is 0.343 e. The van der Waals surface area contributed by atoms with Crippen molar-refractivity contribution >= 4 is 22.5 Å². The highest BCUT2D eigenvalue weighted by molar-refractivity contribution is 7.10. The van der Waals surface area contributed by atoms with E-state index in [-0.39, 0.29) is 12.0 Å². The summed E-state index contributed by atoms with van der Waals surface area (Å²) in [5.74, 6) is 1.42. The summed E-state index contributed by atoms with van der Waals surface area (Å²) in [5.41, 5.74) is 2.29. The Bertz CT molecular complexity index is 645. The number of rotatable bonds is 5. The van der Waals surface area contributed by atoms with Crippen LogP contribution in [0.1, 0.15) is 53.0 Å². The van der Waals surface area contributed by atoms with E-state index in [0.717, 1.165) is 22.1 Å². The van der Waals surface area contributed by atoms with Gasteiger partial charge in [0.2, 0.25) is 0 Å². The van der Waals surface area contributed by atoms with Crippen LogP contribution in [0, 0.1) is 20.8 Å². The molecule has 0 radical (unpaired) electrons. The lowest BCUT2D eigenvalue weighted by Gasteiger charge is -2.14. The number of esters is 1. The maximum atomic E-state index is 12.0. The van der Waals surface area contributed by atoms with Crippen molar-refractivity contribution in [2.45, 2.75) is 40.7 Å². The average molecular weight is 308 g/mol. The fourth-order valence-electron chi connectivity index (χ4n) is 2.27. The molecule has 0 aliphatic heterocycles. The number of hydrogen-bond acceptors (Lipinski definition) is 6. The Morgan fingerprint density at radius 2 is 2.19 bits per heavy atom. The Hall–Kier alpha value is -1.82. The molecule has 1 N–H and O–H groups in total. The van der Waals surface area contributed by atoms with Gasteiger partial charge in [0.15, 0.2) is 0 Å². The maximum absolute atomic E-state index is 12.0. The molecule has 0 fully saturated rings. The summed E-state index contributed by atoms with van der Waals surface area (Å²) in [6.45, 7) is 9.84. The number of carbonyl (C=O) groups is 1. The van der Waals surface area contributed by atoms with Crippen LogP contribution in [0.2, 0.25) is 0 Å². The minimum atomic E-state index is -0.335. The minimum Gasteiger partial charge on any atom is -0.466 e. The van der Waals surface area contributed by atoms with Crippen LogP contribution >= 0.6 is 11.5 Å². The van der Waals surface area contributed by atoms with Crippen LogP contribution in [0.5, 0.6) is 0 Å². The van der Waals surface area contributed by atoms with Crippen molar-refractivity contribution < 1.29 is 13.9 Å². The normalized spacial score (nSPS) is 12.2. The highest BCUT2D eigenvalue weighted by Gasteiger charge is 2.22. The third kappa shape index (κ3) is 3.26. The van der Waals surface area contributed by atoms with Gasteiger partial charge in [-0.3, -0.25) is 0 Å². The second-order valence-electron chi connectivity index (χ2n) is 4.93. The second kappa shape index (κ2) is 6.30.